The van der Waals surface area contributed by atoms with Gasteiger partial charge in [-0.25, -0.2) is 4.98 Å². The summed E-state index contributed by atoms with van der Waals surface area (Å²) in [7, 11) is 1.68. The van der Waals surface area contributed by atoms with Crippen molar-refractivity contribution in [2.24, 2.45) is 0 Å². The largest absolute Gasteiger partial charge is 0.497 e. The maximum Gasteiger partial charge on any atom is 0.271 e. The molecule has 4 aromatic rings. The van der Waals surface area contributed by atoms with Crippen LogP contribution < -0.4 is 4.74 Å². The zero-order valence-corrected chi connectivity index (χ0v) is 14.3. The lowest BCUT2D eigenvalue weighted by Gasteiger charge is -2.14. The molecule has 26 heavy (non-hydrogen) atoms. The van der Waals surface area contributed by atoms with Crippen LogP contribution in [0.4, 0.5) is 0 Å². The van der Waals surface area contributed by atoms with Crippen molar-refractivity contribution in [3.8, 4) is 17.0 Å². The van der Waals surface area contributed by atoms with Crippen LogP contribution in [0.25, 0.3) is 17.0 Å². The number of methoxy groups -OCH3 is 1. The second kappa shape index (κ2) is 5.62. The molecule has 0 spiro atoms. The third-order valence-electron chi connectivity index (χ3n) is 5.02. The third kappa shape index (κ3) is 2.26. The lowest BCUT2D eigenvalue weighted by Crippen LogP contribution is -2.15. The topological polar surface area (TPSA) is 65.2 Å². The molecule has 6 heteroatoms. The van der Waals surface area contributed by atoms with Crippen molar-refractivity contribution in [3.05, 3.63) is 72.2 Å². The minimum Gasteiger partial charge on any atom is -0.497 e. The Kier molecular flexibility index (Phi) is 3.25. The minimum absolute atomic E-state index is 0.143. The molecule has 1 saturated carbocycles. The van der Waals surface area contributed by atoms with E-state index in [-0.39, 0.29) is 5.41 Å². The fourth-order valence-electron chi connectivity index (χ4n) is 3.41. The average Bonchev–Trinajstić information content (AvgIpc) is 3.41. The summed E-state index contributed by atoms with van der Waals surface area (Å²) in [6.45, 7) is 0. The Bertz CT molecular complexity index is 1070. The summed E-state index contributed by atoms with van der Waals surface area (Å²) in [5, 5.41) is 13.4. The fraction of sp³-hybridized carbons (Fsp3) is 0.200. The molecule has 1 aliphatic carbocycles. The van der Waals surface area contributed by atoms with E-state index in [4.69, 9.17) is 9.84 Å². The number of rotatable bonds is 4. The maximum absolute atomic E-state index is 5.27. The highest BCUT2D eigenvalue weighted by molar-refractivity contribution is 5.58. The molecule has 2 heterocycles. The molecule has 0 unspecified atom stereocenters. The molecule has 0 aliphatic heterocycles. The second-order valence-electron chi connectivity index (χ2n) is 6.56. The molecular weight excluding hydrogens is 326 g/mol. The zero-order valence-electron chi connectivity index (χ0n) is 14.3. The normalized spacial score (nSPS) is 15.1. The van der Waals surface area contributed by atoms with Gasteiger partial charge in [0.2, 0.25) is 0 Å². The van der Waals surface area contributed by atoms with Crippen molar-refractivity contribution in [1.29, 1.82) is 0 Å². The van der Waals surface area contributed by atoms with E-state index in [0.717, 1.165) is 35.7 Å². The van der Waals surface area contributed by atoms with E-state index in [9.17, 15) is 0 Å². The molecule has 128 valence electrons. The maximum atomic E-state index is 5.27. The average molecular weight is 343 g/mol. The van der Waals surface area contributed by atoms with Gasteiger partial charge in [0, 0.05) is 5.56 Å². The Morgan fingerprint density at radius 2 is 1.73 bits per heavy atom. The van der Waals surface area contributed by atoms with Crippen molar-refractivity contribution in [2.75, 3.05) is 7.11 Å². The van der Waals surface area contributed by atoms with E-state index in [1.807, 2.05) is 42.5 Å². The van der Waals surface area contributed by atoms with Crippen molar-refractivity contribution in [1.82, 2.24) is 24.8 Å². The molecule has 1 fully saturated rings. The molecule has 0 bridgehead atoms. The third-order valence-corrected chi connectivity index (χ3v) is 5.02. The number of aromatic nitrogens is 5. The first-order valence-electron chi connectivity index (χ1n) is 8.59. The Hall–Kier alpha value is -3.28. The van der Waals surface area contributed by atoms with Crippen LogP contribution in [0.2, 0.25) is 0 Å². The van der Waals surface area contributed by atoms with Crippen LogP contribution in [0.3, 0.4) is 0 Å². The standard InChI is InChI=1S/C20H17N5O/c1-26-16-9-7-15(8-10-16)20(11-12-20)18-22-23-19-21-13-17(24-25(18)19)14-5-3-2-4-6-14/h2-10,13H,11-12H2,1H3. The SMILES string of the molecule is COc1ccc(C2(c3nnc4ncc(-c5ccccc5)nn34)CC2)cc1. The van der Waals surface area contributed by atoms with Gasteiger partial charge in [-0.05, 0) is 30.5 Å². The van der Waals surface area contributed by atoms with Gasteiger partial charge in [-0.1, -0.05) is 42.5 Å². The van der Waals surface area contributed by atoms with E-state index in [2.05, 4.69) is 27.3 Å². The van der Waals surface area contributed by atoms with Gasteiger partial charge in [-0.3, -0.25) is 0 Å². The van der Waals surface area contributed by atoms with Crippen LogP contribution in [0.15, 0.2) is 60.8 Å². The number of hydrogen-bond donors (Lipinski definition) is 0. The molecule has 6 nitrogen and oxygen atoms in total. The van der Waals surface area contributed by atoms with Gasteiger partial charge in [0.25, 0.3) is 5.78 Å². The van der Waals surface area contributed by atoms with E-state index in [1.165, 1.54) is 5.56 Å². The number of nitrogens with zero attached hydrogens (tertiary/aromatic N) is 5. The molecule has 0 saturated heterocycles. The van der Waals surface area contributed by atoms with Crippen LogP contribution in [-0.4, -0.2) is 31.9 Å². The lowest BCUT2D eigenvalue weighted by molar-refractivity contribution is 0.414. The monoisotopic (exact) mass is 343 g/mol. The molecule has 2 aromatic carbocycles. The molecule has 1 aliphatic rings. The van der Waals surface area contributed by atoms with E-state index < -0.39 is 0 Å². The number of ether oxygens (including phenoxy) is 1. The predicted octanol–water partition coefficient (Wildman–Crippen LogP) is 3.27. The summed E-state index contributed by atoms with van der Waals surface area (Å²) in [5.74, 6) is 2.23. The van der Waals surface area contributed by atoms with Crippen LogP contribution in [0, 0.1) is 0 Å². The van der Waals surface area contributed by atoms with Crippen molar-refractivity contribution in [2.45, 2.75) is 18.3 Å². The van der Waals surface area contributed by atoms with E-state index >= 15 is 0 Å². The summed E-state index contributed by atoms with van der Waals surface area (Å²) < 4.78 is 7.06. The van der Waals surface area contributed by atoms with Crippen molar-refractivity contribution >= 4 is 5.78 Å². The zero-order chi connectivity index (χ0) is 17.6. The van der Waals surface area contributed by atoms with E-state index in [0.29, 0.717) is 5.78 Å². The summed E-state index contributed by atoms with van der Waals surface area (Å²) in [6.07, 6.45) is 3.80. The summed E-state index contributed by atoms with van der Waals surface area (Å²) in [5.41, 5.74) is 2.90. The van der Waals surface area contributed by atoms with Gasteiger partial charge in [-0.2, -0.15) is 9.61 Å². The van der Waals surface area contributed by atoms with Gasteiger partial charge in [-0.15, -0.1) is 10.2 Å². The van der Waals surface area contributed by atoms with Crippen LogP contribution in [-0.2, 0) is 5.41 Å². The number of hydrogen-bond acceptors (Lipinski definition) is 5. The Balaban J connectivity index is 1.62. The van der Waals surface area contributed by atoms with Gasteiger partial charge < -0.3 is 4.74 Å². The number of fused-ring (bicyclic) bond motifs is 1. The van der Waals surface area contributed by atoms with Gasteiger partial charge in [0.1, 0.15) is 11.4 Å². The highest BCUT2D eigenvalue weighted by atomic mass is 16.5. The van der Waals surface area contributed by atoms with Crippen LogP contribution >= 0.6 is 0 Å². The Morgan fingerprint density at radius 3 is 2.42 bits per heavy atom. The molecule has 0 N–H and O–H groups in total. The van der Waals surface area contributed by atoms with Crippen molar-refractivity contribution < 1.29 is 4.74 Å². The van der Waals surface area contributed by atoms with Crippen LogP contribution in [0.1, 0.15) is 24.2 Å². The van der Waals surface area contributed by atoms with Gasteiger partial charge in [0.15, 0.2) is 5.82 Å². The first-order valence-corrected chi connectivity index (χ1v) is 8.59. The molecule has 2 aromatic heterocycles. The lowest BCUT2D eigenvalue weighted by atomic mass is 9.95. The van der Waals surface area contributed by atoms with Crippen LogP contribution in [0.5, 0.6) is 5.75 Å². The van der Waals surface area contributed by atoms with E-state index in [1.54, 1.807) is 17.8 Å². The highest BCUT2D eigenvalue weighted by Gasteiger charge is 2.50. The molecule has 0 amide bonds. The predicted molar refractivity (Wildman–Crippen MR) is 97.0 cm³/mol. The summed E-state index contributed by atoms with van der Waals surface area (Å²) in [4.78, 5) is 4.45. The molecule has 0 radical (unpaired) electrons. The molecule has 5 rings (SSSR count). The summed E-state index contributed by atoms with van der Waals surface area (Å²) >= 11 is 0. The molecular formula is C20H17N5O. The molecule has 0 atom stereocenters. The smallest absolute Gasteiger partial charge is 0.271 e. The van der Waals surface area contributed by atoms with Gasteiger partial charge in [0.05, 0.1) is 18.7 Å². The highest BCUT2D eigenvalue weighted by Crippen LogP contribution is 2.52. The Morgan fingerprint density at radius 1 is 0.962 bits per heavy atom. The Labute approximate surface area is 150 Å². The first-order chi connectivity index (χ1) is 12.8. The summed E-state index contributed by atoms with van der Waals surface area (Å²) in [6, 6.07) is 18.2. The second-order valence-corrected chi connectivity index (χ2v) is 6.56. The van der Waals surface area contributed by atoms with Gasteiger partial charge >= 0.3 is 0 Å². The minimum atomic E-state index is -0.143. The number of benzene rings is 2. The first kappa shape index (κ1) is 15.0. The quantitative estimate of drug-likeness (QED) is 0.569. The fourth-order valence-corrected chi connectivity index (χ4v) is 3.41. The van der Waals surface area contributed by atoms with Crippen molar-refractivity contribution in [3.63, 3.8) is 0 Å².